The van der Waals surface area contributed by atoms with Crippen LogP contribution < -0.4 is 5.32 Å². The predicted octanol–water partition coefficient (Wildman–Crippen LogP) is 5.44. The van der Waals surface area contributed by atoms with Crippen molar-refractivity contribution in [3.8, 4) is 0 Å². The molecule has 0 saturated carbocycles. The molecule has 0 heterocycles. The molecule has 154 valence electrons. The van der Waals surface area contributed by atoms with Gasteiger partial charge in [-0.15, -0.1) is 0 Å². The maximum absolute atomic E-state index is 12.8. The number of hydrogen-bond donors (Lipinski definition) is 2. The molecule has 1 unspecified atom stereocenters. The monoisotopic (exact) mass is 485 g/mol. The van der Waals surface area contributed by atoms with E-state index in [0.29, 0.717) is 5.02 Å². The highest BCUT2D eigenvalue weighted by atomic mass is 79.9. The zero-order valence-corrected chi connectivity index (χ0v) is 18.4. The number of hydrogen-bond acceptors (Lipinski definition) is 2. The van der Waals surface area contributed by atoms with Gasteiger partial charge in [0.05, 0.1) is 0 Å². The van der Waals surface area contributed by atoms with Gasteiger partial charge >= 0.3 is 5.97 Å². The van der Waals surface area contributed by atoms with Gasteiger partial charge in [0, 0.05) is 28.3 Å². The van der Waals surface area contributed by atoms with E-state index in [-0.39, 0.29) is 24.7 Å². The molecule has 0 aliphatic carbocycles. The zero-order chi connectivity index (χ0) is 21.5. The maximum Gasteiger partial charge on any atom is 0.326 e. The molecule has 0 spiro atoms. The van der Waals surface area contributed by atoms with Gasteiger partial charge in [-0.3, -0.25) is 4.79 Å². The number of benzene rings is 3. The Labute approximate surface area is 189 Å². The third kappa shape index (κ3) is 6.18. The molecule has 4 nitrogen and oxygen atoms in total. The number of carboxylic acids is 1. The second-order valence-electron chi connectivity index (χ2n) is 7.01. The normalized spacial score (nSPS) is 12.7. The Morgan fingerprint density at radius 1 is 0.900 bits per heavy atom. The Morgan fingerprint density at radius 3 is 2.10 bits per heavy atom. The lowest BCUT2D eigenvalue weighted by Crippen LogP contribution is -2.42. The minimum atomic E-state index is -1.07. The molecule has 6 heteroatoms. The van der Waals surface area contributed by atoms with Crippen LogP contribution in [0.2, 0.25) is 5.02 Å². The van der Waals surface area contributed by atoms with Gasteiger partial charge in [-0.25, -0.2) is 4.79 Å². The van der Waals surface area contributed by atoms with Crippen LogP contribution in [0.3, 0.4) is 0 Å². The molecule has 30 heavy (non-hydrogen) atoms. The first kappa shape index (κ1) is 22.1. The SMILES string of the molecule is O=C(CC(c1ccccc1)c1ccc(Br)cc1)N[C@@H](Cc1ccc(Cl)cc1)C(=O)O. The molecule has 0 aromatic heterocycles. The first-order valence-corrected chi connectivity index (χ1v) is 10.7. The maximum atomic E-state index is 12.8. The van der Waals surface area contributed by atoms with Crippen LogP contribution in [-0.4, -0.2) is 23.0 Å². The van der Waals surface area contributed by atoms with Crippen molar-refractivity contribution in [2.24, 2.45) is 0 Å². The number of nitrogens with one attached hydrogen (secondary N) is 1. The summed E-state index contributed by atoms with van der Waals surface area (Å²) in [6, 6.07) is 23.5. The van der Waals surface area contributed by atoms with E-state index in [1.54, 1.807) is 24.3 Å². The van der Waals surface area contributed by atoms with Crippen molar-refractivity contribution in [2.45, 2.75) is 24.8 Å². The van der Waals surface area contributed by atoms with Crippen LogP contribution in [0.15, 0.2) is 83.3 Å². The van der Waals surface area contributed by atoms with Gasteiger partial charge in [0.1, 0.15) is 6.04 Å². The second-order valence-corrected chi connectivity index (χ2v) is 8.36. The molecule has 2 atom stereocenters. The van der Waals surface area contributed by atoms with Gasteiger partial charge in [-0.2, -0.15) is 0 Å². The summed E-state index contributed by atoms with van der Waals surface area (Å²) in [4.78, 5) is 24.5. The first-order valence-electron chi connectivity index (χ1n) is 9.49. The third-order valence-corrected chi connectivity index (χ3v) is 5.63. The molecular formula is C24H21BrClNO3. The van der Waals surface area contributed by atoms with Crippen molar-refractivity contribution in [3.63, 3.8) is 0 Å². The highest BCUT2D eigenvalue weighted by Crippen LogP contribution is 2.29. The average molecular weight is 487 g/mol. The van der Waals surface area contributed by atoms with Crippen molar-refractivity contribution < 1.29 is 14.7 Å². The summed E-state index contributed by atoms with van der Waals surface area (Å²) >= 11 is 9.32. The number of carboxylic acid groups (broad SMARTS) is 1. The molecule has 0 bridgehead atoms. The number of carbonyl (C=O) groups is 2. The Kier molecular flexibility index (Phi) is 7.66. The quantitative estimate of drug-likeness (QED) is 0.446. The van der Waals surface area contributed by atoms with E-state index in [4.69, 9.17) is 11.6 Å². The fourth-order valence-corrected chi connectivity index (χ4v) is 3.69. The van der Waals surface area contributed by atoms with E-state index in [1.165, 1.54) is 0 Å². The van der Waals surface area contributed by atoms with E-state index < -0.39 is 12.0 Å². The lowest BCUT2D eigenvalue weighted by Gasteiger charge is -2.20. The van der Waals surface area contributed by atoms with E-state index >= 15 is 0 Å². The molecule has 1 amide bonds. The number of carbonyl (C=O) groups excluding carboxylic acids is 1. The molecular weight excluding hydrogens is 466 g/mol. The summed E-state index contributed by atoms with van der Waals surface area (Å²) in [5, 5.41) is 12.8. The van der Waals surface area contributed by atoms with Crippen molar-refractivity contribution >= 4 is 39.4 Å². The lowest BCUT2D eigenvalue weighted by molar-refractivity contribution is -0.141. The number of rotatable bonds is 8. The summed E-state index contributed by atoms with van der Waals surface area (Å²) in [6.07, 6.45) is 0.336. The number of amides is 1. The van der Waals surface area contributed by atoms with Crippen molar-refractivity contribution in [2.75, 3.05) is 0 Å². The Hall–Kier alpha value is -2.63. The molecule has 0 saturated heterocycles. The van der Waals surface area contributed by atoms with E-state index in [0.717, 1.165) is 21.2 Å². The Balaban J connectivity index is 1.76. The second kappa shape index (κ2) is 10.4. The first-order chi connectivity index (χ1) is 14.4. The number of aliphatic carboxylic acids is 1. The lowest BCUT2D eigenvalue weighted by atomic mass is 9.88. The summed E-state index contributed by atoms with van der Waals surface area (Å²) in [5.74, 6) is -1.56. The minimum Gasteiger partial charge on any atom is -0.480 e. The molecule has 0 aliphatic heterocycles. The Bertz CT molecular complexity index is 991. The van der Waals surface area contributed by atoms with E-state index in [9.17, 15) is 14.7 Å². The van der Waals surface area contributed by atoms with Gasteiger partial charge in [-0.05, 0) is 41.0 Å². The summed E-state index contributed by atoms with van der Waals surface area (Å²) < 4.78 is 0.955. The van der Waals surface area contributed by atoms with Crippen molar-refractivity contribution in [3.05, 3.63) is 105 Å². The predicted molar refractivity (Wildman–Crippen MR) is 122 cm³/mol. The molecule has 0 aliphatic rings. The topological polar surface area (TPSA) is 66.4 Å². The van der Waals surface area contributed by atoms with E-state index in [2.05, 4.69) is 21.2 Å². The molecule has 3 aromatic rings. The Morgan fingerprint density at radius 2 is 1.50 bits per heavy atom. The van der Waals surface area contributed by atoms with Crippen LogP contribution in [-0.2, 0) is 16.0 Å². The smallest absolute Gasteiger partial charge is 0.326 e. The average Bonchev–Trinajstić information content (AvgIpc) is 2.74. The fraction of sp³-hybridized carbons (Fsp3) is 0.167. The molecule has 2 N–H and O–H groups in total. The highest BCUT2D eigenvalue weighted by molar-refractivity contribution is 9.10. The summed E-state index contributed by atoms with van der Waals surface area (Å²) in [6.45, 7) is 0. The van der Waals surface area contributed by atoms with E-state index in [1.807, 2.05) is 54.6 Å². The van der Waals surface area contributed by atoms with Crippen LogP contribution >= 0.6 is 27.5 Å². The number of halogens is 2. The summed E-state index contributed by atoms with van der Waals surface area (Å²) in [7, 11) is 0. The van der Waals surface area contributed by atoms with Crippen LogP contribution in [0.25, 0.3) is 0 Å². The van der Waals surface area contributed by atoms with Crippen LogP contribution in [0, 0.1) is 0 Å². The van der Waals surface area contributed by atoms with Crippen LogP contribution in [0.4, 0.5) is 0 Å². The van der Waals surface area contributed by atoms with Gasteiger partial charge in [0.15, 0.2) is 0 Å². The fourth-order valence-electron chi connectivity index (χ4n) is 3.30. The van der Waals surface area contributed by atoms with Crippen LogP contribution in [0.1, 0.15) is 29.0 Å². The molecule has 0 radical (unpaired) electrons. The third-order valence-electron chi connectivity index (χ3n) is 4.85. The standard InChI is InChI=1S/C24H21BrClNO3/c25-19-10-8-18(9-11-19)21(17-4-2-1-3-5-17)15-23(28)27-22(24(29)30)14-16-6-12-20(26)13-7-16/h1-13,21-22H,14-15H2,(H,27,28)(H,29,30)/t21?,22-/m0/s1. The zero-order valence-electron chi connectivity index (χ0n) is 16.1. The van der Waals surface area contributed by atoms with Crippen molar-refractivity contribution in [1.82, 2.24) is 5.32 Å². The van der Waals surface area contributed by atoms with Gasteiger partial charge in [-0.1, -0.05) is 82.1 Å². The molecule has 3 rings (SSSR count). The van der Waals surface area contributed by atoms with Crippen molar-refractivity contribution in [1.29, 1.82) is 0 Å². The minimum absolute atomic E-state index is 0.149. The van der Waals surface area contributed by atoms with Gasteiger partial charge in [0.25, 0.3) is 0 Å². The summed E-state index contributed by atoms with van der Waals surface area (Å²) in [5.41, 5.74) is 2.78. The van der Waals surface area contributed by atoms with Gasteiger partial charge in [0.2, 0.25) is 5.91 Å². The highest BCUT2D eigenvalue weighted by Gasteiger charge is 2.24. The largest absolute Gasteiger partial charge is 0.480 e. The molecule has 3 aromatic carbocycles. The molecule has 0 fully saturated rings. The van der Waals surface area contributed by atoms with Crippen LogP contribution in [0.5, 0.6) is 0 Å². The van der Waals surface area contributed by atoms with Gasteiger partial charge < -0.3 is 10.4 Å².